The molecule has 30 heavy (non-hydrogen) atoms. The molecule has 0 unspecified atom stereocenters. The van der Waals surface area contributed by atoms with Gasteiger partial charge in [0.15, 0.2) is 0 Å². The first-order chi connectivity index (χ1) is 13.9. The van der Waals surface area contributed by atoms with Crippen molar-refractivity contribution >= 4 is 17.9 Å². The molecule has 4 aliphatic rings. The Morgan fingerprint density at radius 1 is 1.23 bits per heavy atom. The maximum atomic E-state index is 12.7. The number of unbranched alkanes of at least 4 members (excludes halogenated alkanes) is 1. The molecule has 0 aliphatic carbocycles. The summed E-state index contributed by atoms with van der Waals surface area (Å²) in [6, 6.07) is -0.407. The number of aliphatic hydroxyl groups excluding tert-OH is 1. The molecule has 0 aromatic carbocycles. The van der Waals surface area contributed by atoms with E-state index in [1.165, 1.54) is 0 Å². The first kappa shape index (κ1) is 23.7. The second-order valence-electron chi connectivity index (χ2n) is 10.2. The van der Waals surface area contributed by atoms with E-state index in [4.69, 9.17) is 18.9 Å². The Hall–Kier alpha value is -0.980. The number of aliphatic hydroxyl groups is 1. The molecule has 2 atom stereocenters. The normalized spacial score (nSPS) is 33.7. The number of ether oxygens (including phenoxy) is 4. The van der Waals surface area contributed by atoms with Crippen LogP contribution in [0.5, 0.6) is 0 Å². The molecule has 0 aromatic rings. The maximum absolute atomic E-state index is 12.7. The lowest BCUT2D eigenvalue weighted by molar-refractivity contribution is -0.467. The minimum atomic E-state index is -0.933. The fraction of sp³-hybridized carbons (Fsp3) is 0.864. The standard InChI is InChI=1S/C22H35NO6S/c1-19(2,3)29-18(25)23-16(12-30-20(23,4)5)17(24)10-8-7-9-11-22-26-13-21(6,14-27-22)15-28-22/h16-17,24H,7,9,11-15H2,1-6H3/t16-,17+,21?,22?/m0/s1. The fourth-order valence-electron chi connectivity index (χ4n) is 3.72. The van der Waals surface area contributed by atoms with Crippen LogP contribution in [0.1, 0.15) is 60.8 Å². The van der Waals surface area contributed by atoms with Crippen LogP contribution in [0.2, 0.25) is 0 Å². The number of hydrogen-bond donors (Lipinski definition) is 1. The number of nitrogens with zero attached hydrogens (tertiary/aromatic N) is 1. The van der Waals surface area contributed by atoms with Crippen LogP contribution in [0.15, 0.2) is 0 Å². The second kappa shape index (κ2) is 8.51. The van der Waals surface area contributed by atoms with Crippen molar-refractivity contribution < 1.29 is 28.8 Å². The van der Waals surface area contributed by atoms with E-state index >= 15 is 0 Å². The zero-order valence-electron chi connectivity index (χ0n) is 18.9. The lowest BCUT2D eigenvalue weighted by Gasteiger charge is -2.50. The third-order valence-corrected chi connectivity index (χ3v) is 6.84. The van der Waals surface area contributed by atoms with Gasteiger partial charge >= 0.3 is 6.09 Å². The van der Waals surface area contributed by atoms with Crippen LogP contribution in [0.4, 0.5) is 4.79 Å². The minimum Gasteiger partial charge on any atom is -0.444 e. The average Bonchev–Trinajstić information content (AvgIpc) is 2.96. The van der Waals surface area contributed by atoms with Crippen molar-refractivity contribution in [3.05, 3.63) is 0 Å². The minimum absolute atomic E-state index is 0.0429. The summed E-state index contributed by atoms with van der Waals surface area (Å²) in [6.07, 6.45) is 0.567. The van der Waals surface area contributed by atoms with E-state index < -0.39 is 34.7 Å². The van der Waals surface area contributed by atoms with E-state index in [1.807, 2.05) is 34.6 Å². The third-order valence-electron chi connectivity index (χ3n) is 5.43. The average molecular weight is 442 g/mol. The van der Waals surface area contributed by atoms with E-state index in [0.29, 0.717) is 38.4 Å². The van der Waals surface area contributed by atoms with Gasteiger partial charge < -0.3 is 24.1 Å². The summed E-state index contributed by atoms with van der Waals surface area (Å²) < 4.78 is 22.9. The molecule has 4 fully saturated rings. The summed E-state index contributed by atoms with van der Waals surface area (Å²) in [4.78, 5) is 13.9. The number of carbonyl (C=O) groups excluding carboxylic acids is 1. The molecule has 0 radical (unpaired) electrons. The van der Waals surface area contributed by atoms with Gasteiger partial charge in [-0.2, -0.15) is 0 Å². The number of hydrogen-bond acceptors (Lipinski definition) is 7. The van der Waals surface area contributed by atoms with Gasteiger partial charge in [-0.1, -0.05) is 12.8 Å². The zero-order valence-corrected chi connectivity index (χ0v) is 19.8. The van der Waals surface area contributed by atoms with E-state index in [9.17, 15) is 9.90 Å². The Morgan fingerprint density at radius 3 is 2.40 bits per heavy atom. The topological polar surface area (TPSA) is 77.5 Å². The summed E-state index contributed by atoms with van der Waals surface area (Å²) in [5, 5.41) is 10.7. The van der Waals surface area contributed by atoms with Crippen molar-refractivity contribution in [3.63, 3.8) is 0 Å². The lowest BCUT2D eigenvalue weighted by atomic mass is 9.91. The highest BCUT2D eigenvalue weighted by atomic mass is 32.2. The van der Waals surface area contributed by atoms with Crippen LogP contribution in [-0.4, -0.2) is 70.3 Å². The number of fused-ring (bicyclic) bond motifs is 3. The summed E-state index contributed by atoms with van der Waals surface area (Å²) in [6.45, 7) is 13.5. The molecule has 4 aliphatic heterocycles. The SMILES string of the molecule is CC12COC(CCCC#C[C@@H](O)[C@@H]3CSC(C)(C)N3C(=O)OC(C)(C)C)(OC1)OC2. The molecular formula is C22H35NO6S. The van der Waals surface area contributed by atoms with Gasteiger partial charge in [0, 0.05) is 24.0 Å². The smallest absolute Gasteiger partial charge is 0.411 e. The molecule has 4 saturated heterocycles. The van der Waals surface area contributed by atoms with Crippen LogP contribution in [-0.2, 0) is 18.9 Å². The Kier molecular flexibility index (Phi) is 6.72. The molecule has 4 heterocycles. The van der Waals surface area contributed by atoms with Crippen LogP contribution in [0.3, 0.4) is 0 Å². The summed E-state index contributed by atoms with van der Waals surface area (Å²) in [5.41, 5.74) is -0.637. The molecule has 2 bridgehead atoms. The molecule has 1 N–H and O–H groups in total. The van der Waals surface area contributed by atoms with Crippen molar-refractivity contribution in [1.29, 1.82) is 0 Å². The molecule has 7 nitrogen and oxygen atoms in total. The van der Waals surface area contributed by atoms with Gasteiger partial charge in [0.2, 0.25) is 0 Å². The van der Waals surface area contributed by atoms with Crippen LogP contribution < -0.4 is 0 Å². The van der Waals surface area contributed by atoms with Crippen molar-refractivity contribution in [2.45, 2.75) is 89.4 Å². The molecule has 4 rings (SSSR count). The van der Waals surface area contributed by atoms with E-state index in [2.05, 4.69) is 18.8 Å². The number of amides is 1. The summed E-state index contributed by atoms with van der Waals surface area (Å²) in [7, 11) is 0. The molecule has 0 saturated carbocycles. The quantitative estimate of drug-likeness (QED) is 0.529. The molecule has 0 aromatic heterocycles. The Bertz CT molecular complexity index is 682. The highest BCUT2D eigenvalue weighted by Gasteiger charge is 2.50. The first-order valence-corrected chi connectivity index (χ1v) is 11.6. The van der Waals surface area contributed by atoms with Crippen molar-refractivity contribution in [2.75, 3.05) is 25.6 Å². The molecule has 8 heteroatoms. The molecule has 170 valence electrons. The van der Waals surface area contributed by atoms with Gasteiger partial charge in [-0.25, -0.2) is 4.79 Å². The van der Waals surface area contributed by atoms with Gasteiger partial charge in [0.25, 0.3) is 5.97 Å². The maximum Gasteiger partial charge on any atom is 0.411 e. The van der Waals surface area contributed by atoms with Crippen LogP contribution in [0.25, 0.3) is 0 Å². The third kappa shape index (κ3) is 5.43. The van der Waals surface area contributed by atoms with Gasteiger partial charge in [0.1, 0.15) is 11.7 Å². The van der Waals surface area contributed by atoms with Gasteiger partial charge in [-0.05, 0) is 41.0 Å². The van der Waals surface area contributed by atoms with E-state index in [-0.39, 0.29) is 5.41 Å². The summed E-state index contributed by atoms with van der Waals surface area (Å²) >= 11 is 1.62. The Balaban J connectivity index is 1.52. The summed E-state index contributed by atoms with van der Waals surface area (Å²) in [5.74, 6) is 5.64. The first-order valence-electron chi connectivity index (χ1n) is 10.6. The lowest BCUT2D eigenvalue weighted by Crippen LogP contribution is -2.58. The second-order valence-corrected chi connectivity index (χ2v) is 11.8. The molecular weight excluding hydrogens is 406 g/mol. The largest absolute Gasteiger partial charge is 0.444 e. The number of thioether (sulfide) groups is 1. The predicted octanol–water partition coefficient (Wildman–Crippen LogP) is 3.35. The van der Waals surface area contributed by atoms with E-state index in [1.54, 1.807) is 16.7 Å². The van der Waals surface area contributed by atoms with Crippen LogP contribution >= 0.6 is 11.8 Å². The molecule has 1 amide bonds. The van der Waals surface area contributed by atoms with Crippen molar-refractivity contribution in [3.8, 4) is 11.8 Å². The van der Waals surface area contributed by atoms with Crippen LogP contribution in [0, 0.1) is 17.3 Å². The monoisotopic (exact) mass is 441 g/mol. The van der Waals surface area contributed by atoms with Crippen molar-refractivity contribution in [2.24, 2.45) is 5.41 Å². The number of rotatable bonds is 4. The van der Waals surface area contributed by atoms with Gasteiger partial charge in [0.05, 0.1) is 30.7 Å². The van der Waals surface area contributed by atoms with Crippen molar-refractivity contribution in [1.82, 2.24) is 4.90 Å². The zero-order chi connectivity index (χ0) is 22.2. The highest BCUT2D eigenvalue weighted by molar-refractivity contribution is 8.00. The Labute approximate surface area is 184 Å². The Morgan fingerprint density at radius 2 is 1.83 bits per heavy atom. The van der Waals surface area contributed by atoms with Gasteiger partial charge in [-0.3, -0.25) is 4.90 Å². The highest BCUT2D eigenvalue weighted by Crippen LogP contribution is 2.41. The van der Waals surface area contributed by atoms with E-state index in [0.717, 1.165) is 6.42 Å². The molecule has 0 spiro atoms. The predicted molar refractivity (Wildman–Crippen MR) is 115 cm³/mol. The fourth-order valence-corrected chi connectivity index (χ4v) is 4.98. The number of carbonyl (C=O) groups is 1. The van der Waals surface area contributed by atoms with Gasteiger partial charge in [-0.15, -0.1) is 17.7 Å².